The van der Waals surface area contributed by atoms with Gasteiger partial charge in [0.05, 0.1) is 0 Å². The molecule has 0 saturated heterocycles. The van der Waals surface area contributed by atoms with Crippen molar-refractivity contribution in [3.63, 3.8) is 0 Å². The lowest BCUT2D eigenvalue weighted by Crippen LogP contribution is -2.12. The summed E-state index contributed by atoms with van der Waals surface area (Å²) < 4.78 is 0. The van der Waals surface area contributed by atoms with Crippen molar-refractivity contribution in [3.8, 4) is 11.1 Å². The molecule has 3 nitrogen and oxygen atoms in total. The number of benzene rings is 3. The highest BCUT2D eigenvalue weighted by Crippen LogP contribution is 2.30. The average molecular weight is 351 g/mol. The first-order chi connectivity index (χ1) is 12.3. The third-order valence-corrected chi connectivity index (χ3v) is 4.00. The summed E-state index contributed by atoms with van der Waals surface area (Å²) in [7, 11) is 0. The van der Waals surface area contributed by atoms with Gasteiger partial charge in [0, 0.05) is 34.9 Å². The summed E-state index contributed by atoms with van der Waals surface area (Å²) in [5.74, 6) is 0.380. The van der Waals surface area contributed by atoms with Gasteiger partial charge < -0.3 is 10.6 Å². The van der Waals surface area contributed by atoms with Crippen molar-refractivity contribution >= 4 is 28.9 Å². The summed E-state index contributed by atoms with van der Waals surface area (Å²) in [4.78, 5) is 12.3. The molecule has 126 valence electrons. The largest absolute Gasteiger partial charge is 0.383 e. The minimum atomic E-state index is -0.128. The number of amides is 1. The van der Waals surface area contributed by atoms with Crippen molar-refractivity contribution in [1.29, 1.82) is 0 Å². The Hall–Kier alpha value is -2.78. The van der Waals surface area contributed by atoms with E-state index in [1.807, 2.05) is 54.6 Å². The van der Waals surface area contributed by atoms with E-state index in [-0.39, 0.29) is 5.91 Å². The average Bonchev–Trinajstić information content (AvgIpc) is 2.68. The number of hydrogen-bond acceptors (Lipinski definition) is 2. The van der Waals surface area contributed by atoms with Gasteiger partial charge in [0.2, 0.25) is 0 Å². The number of hydrogen-bond donors (Lipinski definition) is 2. The van der Waals surface area contributed by atoms with Crippen LogP contribution in [0, 0.1) is 0 Å². The second kappa shape index (κ2) is 8.36. The molecule has 0 saturated carbocycles. The van der Waals surface area contributed by atoms with Crippen molar-refractivity contribution in [3.05, 3.63) is 84.4 Å². The highest BCUT2D eigenvalue weighted by atomic mass is 35.5. The van der Waals surface area contributed by atoms with E-state index in [9.17, 15) is 4.79 Å². The molecule has 4 heteroatoms. The Morgan fingerprint density at radius 3 is 2.24 bits per heavy atom. The molecule has 0 bridgehead atoms. The lowest BCUT2D eigenvalue weighted by Gasteiger charge is -2.14. The maximum atomic E-state index is 12.3. The van der Waals surface area contributed by atoms with Crippen LogP contribution in [0.2, 0.25) is 0 Å². The van der Waals surface area contributed by atoms with Crippen LogP contribution < -0.4 is 10.6 Å². The van der Waals surface area contributed by atoms with Gasteiger partial charge >= 0.3 is 0 Å². The molecule has 25 heavy (non-hydrogen) atoms. The molecule has 3 aromatic carbocycles. The van der Waals surface area contributed by atoms with Crippen molar-refractivity contribution in [1.82, 2.24) is 0 Å². The minimum absolute atomic E-state index is 0.128. The molecule has 1 amide bonds. The molecule has 0 aliphatic carbocycles. The molecule has 0 fully saturated rings. The van der Waals surface area contributed by atoms with E-state index in [4.69, 9.17) is 11.6 Å². The standard InChI is InChI=1S/C21H19ClN2O/c22-13-14-23-20-15-18(24-21(25)17-9-5-2-6-10-17)11-12-19(20)16-7-3-1-4-8-16/h1-12,15,23H,13-14H2,(H,24,25). The Labute approximate surface area is 152 Å². The van der Waals surface area contributed by atoms with E-state index in [0.29, 0.717) is 18.0 Å². The predicted molar refractivity (Wildman–Crippen MR) is 105 cm³/mol. The number of carbonyl (C=O) groups excluding carboxylic acids is 1. The third kappa shape index (κ3) is 4.40. The van der Waals surface area contributed by atoms with Gasteiger partial charge in [0.15, 0.2) is 0 Å². The quantitative estimate of drug-likeness (QED) is 0.595. The van der Waals surface area contributed by atoms with Gasteiger partial charge in [-0.1, -0.05) is 54.6 Å². The molecule has 0 radical (unpaired) electrons. The van der Waals surface area contributed by atoms with Crippen molar-refractivity contribution in [2.75, 3.05) is 23.1 Å². The smallest absolute Gasteiger partial charge is 0.255 e. The number of anilines is 2. The molecule has 0 aliphatic rings. The monoisotopic (exact) mass is 350 g/mol. The molecule has 0 atom stereocenters. The van der Waals surface area contributed by atoms with Crippen LogP contribution in [0.25, 0.3) is 11.1 Å². The third-order valence-electron chi connectivity index (χ3n) is 3.81. The molecular weight excluding hydrogens is 332 g/mol. The topological polar surface area (TPSA) is 41.1 Å². The lowest BCUT2D eigenvalue weighted by molar-refractivity contribution is 0.102. The van der Waals surface area contributed by atoms with Crippen molar-refractivity contribution < 1.29 is 4.79 Å². The second-order valence-corrected chi connectivity index (χ2v) is 5.94. The van der Waals surface area contributed by atoms with Gasteiger partial charge in [-0.15, -0.1) is 11.6 Å². The molecular formula is C21H19ClN2O. The predicted octanol–water partition coefficient (Wildman–Crippen LogP) is 5.26. The zero-order valence-electron chi connectivity index (χ0n) is 13.7. The van der Waals surface area contributed by atoms with Crippen molar-refractivity contribution in [2.24, 2.45) is 0 Å². The summed E-state index contributed by atoms with van der Waals surface area (Å²) in [6.45, 7) is 0.650. The van der Waals surface area contributed by atoms with Crippen LogP contribution in [0.4, 0.5) is 11.4 Å². The van der Waals surface area contributed by atoms with E-state index in [1.54, 1.807) is 12.1 Å². The van der Waals surface area contributed by atoms with Gasteiger partial charge in [0.25, 0.3) is 5.91 Å². The Balaban J connectivity index is 1.87. The Bertz CT molecular complexity index is 835. The number of rotatable bonds is 6. The fourth-order valence-electron chi connectivity index (χ4n) is 2.61. The SMILES string of the molecule is O=C(Nc1ccc(-c2ccccc2)c(NCCCl)c1)c1ccccc1. The summed E-state index contributed by atoms with van der Waals surface area (Å²) >= 11 is 5.82. The van der Waals surface area contributed by atoms with E-state index >= 15 is 0 Å². The van der Waals surface area contributed by atoms with Gasteiger partial charge in [0.1, 0.15) is 0 Å². The Morgan fingerprint density at radius 1 is 0.880 bits per heavy atom. The maximum absolute atomic E-state index is 12.3. The second-order valence-electron chi connectivity index (χ2n) is 5.56. The lowest BCUT2D eigenvalue weighted by atomic mass is 10.0. The van der Waals surface area contributed by atoms with Gasteiger partial charge in [-0.25, -0.2) is 0 Å². The molecule has 0 heterocycles. The van der Waals surface area contributed by atoms with Crippen LogP contribution in [0.1, 0.15) is 10.4 Å². The summed E-state index contributed by atoms with van der Waals surface area (Å²) in [6, 6.07) is 25.1. The van der Waals surface area contributed by atoms with E-state index < -0.39 is 0 Å². The van der Waals surface area contributed by atoms with Gasteiger partial charge in [-0.05, 0) is 29.8 Å². The number of halogens is 1. The van der Waals surface area contributed by atoms with Crippen LogP contribution in [-0.2, 0) is 0 Å². The maximum Gasteiger partial charge on any atom is 0.255 e. The Morgan fingerprint density at radius 2 is 1.56 bits per heavy atom. The first-order valence-corrected chi connectivity index (χ1v) is 8.67. The van der Waals surface area contributed by atoms with E-state index in [1.165, 1.54) is 0 Å². The van der Waals surface area contributed by atoms with Crippen molar-refractivity contribution in [2.45, 2.75) is 0 Å². The summed E-state index contributed by atoms with van der Waals surface area (Å²) in [6.07, 6.45) is 0. The molecule has 2 N–H and O–H groups in total. The van der Waals surface area contributed by atoms with E-state index in [2.05, 4.69) is 22.8 Å². The first kappa shape index (κ1) is 17.1. The number of alkyl halides is 1. The van der Waals surface area contributed by atoms with Crippen LogP contribution in [0.5, 0.6) is 0 Å². The fourth-order valence-corrected chi connectivity index (χ4v) is 2.71. The van der Waals surface area contributed by atoms with Gasteiger partial charge in [-0.3, -0.25) is 4.79 Å². The highest BCUT2D eigenvalue weighted by Gasteiger charge is 2.09. The zero-order valence-corrected chi connectivity index (χ0v) is 14.5. The highest BCUT2D eigenvalue weighted by molar-refractivity contribution is 6.18. The normalized spacial score (nSPS) is 10.3. The summed E-state index contributed by atoms with van der Waals surface area (Å²) in [5.41, 5.74) is 4.50. The van der Waals surface area contributed by atoms with Crippen LogP contribution in [0.3, 0.4) is 0 Å². The molecule has 0 spiro atoms. The molecule has 3 aromatic rings. The molecule has 0 aromatic heterocycles. The number of carbonyl (C=O) groups is 1. The van der Waals surface area contributed by atoms with Gasteiger partial charge in [-0.2, -0.15) is 0 Å². The van der Waals surface area contributed by atoms with E-state index in [0.717, 1.165) is 22.5 Å². The van der Waals surface area contributed by atoms with Crippen LogP contribution >= 0.6 is 11.6 Å². The molecule has 0 aliphatic heterocycles. The van der Waals surface area contributed by atoms with Crippen LogP contribution in [0.15, 0.2) is 78.9 Å². The zero-order chi connectivity index (χ0) is 17.5. The first-order valence-electron chi connectivity index (χ1n) is 8.13. The molecule has 0 unspecified atom stereocenters. The molecule has 3 rings (SSSR count). The Kier molecular flexibility index (Phi) is 5.70. The fraction of sp³-hybridized carbons (Fsp3) is 0.0952. The van der Waals surface area contributed by atoms with Crippen LogP contribution in [-0.4, -0.2) is 18.3 Å². The number of nitrogens with one attached hydrogen (secondary N) is 2. The summed E-state index contributed by atoms with van der Waals surface area (Å²) in [5, 5.41) is 6.27. The minimum Gasteiger partial charge on any atom is -0.383 e.